The SMILES string of the molecule is ClCC1CCCC1CNCC1OCCc2ccccc21. The van der Waals surface area contributed by atoms with Crippen molar-refractivity contribution in [3.8, 4) is 0 Å². The zero-order valence-electron chi connectivity index (χ0n) is 12.0. The molecule has 1 aromatic rings. The zero-order chi connectivity index (χ0) is 13.8. The van der Waals surface area contributed by atoms with E-state index in [0.717, 1.165) is 37.9 Å². The molecule has 1 N–H and O–H groups in total. The lowest BCUT2D eigenvalue weighted by Gasteiger charge is -2.27. The zero-order valence-corrected chi connectivity index (χ0v) is 12.7. The Morgan fingerprint density at radius 1 is 1.15 bits per heavy atom. The fourth-order valence-electron chi connectivity index (χ4n) is 3.63. The highest BCUT2D eigenvalue weighted by Crippen LogP contribution is 2.32. The first kappa shape index (κ1) is 14.4. The molecule has 1 aliphatic heterocycles. The monoisotopic (exact) mass is 293 g/mol. The Morgan fingerprint density at radius 3 is 2.90 bits per heavy atom. The van der Waals surface area contributed by atoms with Gasteiger partial charge >= 0.3 is 0 Å². The van der Waals surface area contributed by atoms with Crippen molar-refractivity contribution in [1.82, 2.24) is 5.32 Å². The molecule has 0 bridgehead atoms. The van der Waals surface area contributed by atoms with Crippen molar-refractivity contribution in [1.29, 1.82) is 0 Å². The molecule has 3 atom stereocenters. The summed E-state index contributed by atoms with van der Waals surface area (Å²) in [5.41, 5.74) is 2.82. The highest BCUT2D eigenvalue weighted by Gasteiger charge is 2.26. The van der Waals surface area contributed by atoms with Crippen molar-refractivity contribution < 1.29 is 4.74 Å². The van der Waals surface area contributed by atoms with Gasteiger partial charge in [0.1, 0.15) is 0 Å². The molecule has 1 saturated carbocycles. The second kappa shape index (κ2) is 6.93. The standard InChI is InChI=1S/C17H24ClNO/c18-10-14-5-3-6-15(14)11-19-12-17-16-7-2-1-4-13(16)8-9-20-17/h1-2,4,7,14-15,17,19H,3,5-6,8-12H2. The van der Waals surface area contributed by atoms with Gasteiger partial charge in [0.25, 0.3) is 0 Å². The first-order chi connectivity index (χ1) is 9.88. The van der Waals surface area contributed by atoms with Crippen molar-refractivity contribution in [3.05, 3.63) is 35.4 Å². The number of hydrogen-bond acceptors (Lipinski definition) is 2. The third-order valence-electron chi connectivity index (χ3n) is 4.84. The van der Waals surface area contributed by atoms with Crippen LogP contribution in [0.2, 0.25) is 0 Å². The fourth-order valence-corrected chi connectivity index (χ4v) is 4.04. The Morgan fingerprint density at radius 2 is 2.00 bits per heavy atom. The van der Waals surface area contributed by atoms with E-state index in [-0.39, 0.29) is 6.10 Å². The van der Waals surface area contributed by atoms with Gasteiger partial charge in [-0.15, -0.1) is 11.6 Å². The van der Waals surface area contributed by atoms with E-state index in [1.165, 1.54) is 30.4 Å². The average molecular weight is 294 g/mol. The third kappa shape index (κ3) is 3.19. The maximum Gasteiger partial charge on any atom is 0.0952 e. The average Bonchev–Trinajstić information content (AvgIpc) is 2.95. The lowest BCUT2D eigenvalue weighted by Crippen LogP contribution is -2.32. The first-order valence-electron chi connectivity index (χ1n) is 7.84. The number of halogens is 1. The maximum atomic E-state index is 6.04. The highest BCUT2D eigenvalue weighted by atomic mass is 35.5. The van der Waals surface area contributed by atoms with Gasteiger partial charge < -0.3 is 10.1 Å². The summed E-state index contributed by atoms with van der Waals surface area (Å²) < 4.78 is 5.93. The summed E-state index contributed by atoms with van der Waals surface area (Å²) in [7, 11) is 0. The van der Waals surface area contributed by atoms with E-state index in [2.05, 4.69) is 29.6 Å². The lowest BCUT2D eigenvalue weighted by atomic mass is 9.96. The minimum atomic E-state index is 0.218. The summed E-state index contributed by atoms with van der Waals surface area (Å²) in [6.45, 7) is 2.85. The molecule has 3 unspecified atom stereocenters. The van der Waals surface area contributed by atoms with E-state index in [1.54, 1.807) is 0 Å². The van der Waals surface area contributed by atoms with Crippen LogP contribution in [-0.2, 0) is 11.2 Å². The van der Waals surface area contributed by atoms with Crippen LogP contribution in [0, 0.1) is 11.8 Å². The van der Waals surface area contributed by atoms with E-state index < -0.39 is 0 Å². The number of rotatable bonds is 5. The predicted octanol–water partition coefficient (Wildman–Crippen LogP) is 3.55. The Hall–Kier alpha value is -0.570. The molecule has 3 rings (SSSR count). The minimum absolute atomic E-state index is 0.218. The Balaban J connectivity index is 1.52. The van der Waals surface area contributed by atoms with E-state index in [1.807, 2.05) is 0 Å². The van der Waals surface area contributed by atoms with Crippen LogP contribution in [0.15, 0.2) is 24.3 Å². The smallest absolute Gasteiger partial charge is 0.0952 e. The van der Waals surface area contributed by atoms with E-state index in [0.29, 0.717) is 5.92 Å². The number of hydrogen-bond donors (Lipinski definition) is 1. The van der Waals surface area contributed by atoms with Gasteiger partial charge in [-0.3, -0.25) is 0 Å². The molecule has 110 valence electrons. The van der Waals surface area contributed by atoms with Gasteiger partial charge in [-0.2, -0.15) is 0 Å². The quantitative estimate of drug-likeness (QED) is 0.839. The van der Waals surface area contributed by atoms with Crippen molar-refractivity contribution in [2.45, 2.75) is 31.8 Å². The summed E-state index contributed by atoms with van der Waals surface area (Å²) in [6.07, 6.45) is 5.23. The van der Waals surface area contributed by atoms with Gasteiger partial charge in [-0.05, 0) is 48.8 Å². The molecule has 0 saturated heterocycles. The summed E-state index contributed by atoms with van der Waals surface area (Å²) in [6, 6.07) is 8.67. The van der Waals surface area contributed by atoms with Crippen LogP contribution in [0.4, 0.5) is 0 Å². The van der Waals surface area contributed by atoms with Gasteiger partial charge in [-0.25, -0.2) is 0 Å². The molecule has 2 aliphatic rings. The third-order valence-corrected chi connectivity index (χ3v) is 5.24. The van der Waals surface area contributed by atoms with E-state index in [4.69, 9.17) is 16.3 Å². The summed E-state index contributed by atoms with van der Waals surface area (Å²) in [5, 5.41) is 3.62. The van der Waals surface area contributed by atoms with Crippen LogP contribution in [0.3, 0.4) is 0 Å². The molecule has 0 spiro atoms. The summed E-state index contributed by atoms with van der Waals surface area (Å²) >= 11 is 6.04. The molecule has 0 aromatic heterocycles. The van der Waals surface area contributed by atoms with Crippen molar-refractivity contribution in [2.24, 2.45) is 11.8 Å². The van der Waals surface area contributed by atoms with Crippen molar-refractivity contribution in [3.63, 3.8) is 0 Å². The van der Waals surface area contributed by atoms with Gasteiger partial charge in [0.15, 0.2) is 0 Å². The van der Waals surface area contributed by atoms with Gasteiger partial charge in [0.2, 0.25) is 0 Å². The minimum Gasteiger partial charge on any atom is -0.372 e. The molecule has 0 amide bonds. The topological polar surface area (TPSA) is 21.3 Å². The van der Waals surface area contributed by atoms with E-state index in [9.17, 15) is 0 Å². The van der Waals surface area contributed by atoms with Crippen LogP contribution < -0.4 is 5.32 Å². The molecule has 1 fully saturated rings. The normalized spacial score (nSPS) is 29.4. The largest absolute Gasteiger partial charge is 0.372 e. The molecule has 1 aliphatic carbocycles. The second-order valence-electron chi connectivity index (χ2n) is 6.07. The Bertz CT molecular complexity index is 437. The van der Waals surface area contributed by atoms with Crippen molar-refractivity contribution in [2.75, 3.05) is 25.6 Å². The molecular weight excluding hydrogens is 270 g/mol. The molecule has 2 nitrogen and oxygen atoms in total. The predicted molar refractivity (Wildman–Crippen MR) is 83.3 cm³/mol. The fraction of sp³-hybridized carbons (Fsp3) is 0.647. The van der Waals surface area contributed by atoms with Crippen LogP contribution in [0.5, 0.6) is 0 Å². The van der Waals surface area contributed by atoms with Crippen LogP contribution in [-0.4, -0.2) is 25.6 Å². The summed E-state index contributed by atoms with van der Waals surface area (Å²) in [4.78, 5) is 0. The second-order valence-corrected chi connectivity index (χ2v) is 6.38. The maximum absolute atomic E-state index is 6.04. The number of benzene rings is 1. The first-order valence-corrected chi connectivity index (χ1v) is 8.38. The molecule has 1 heterocycles. The number of fused-ring (bicyclic) bond motifs is 1. The van der Waals surface area contributed by atoms with Gasteiger partial charge in [-0.1, -0.05) is 30.7 Å². The van der Waals surface area contributed by atoms with Crippen LogP contribution in [0.25, 0.3) is 0 Å². The van der Waals surface area contributed by atoms with Gasteiger partial charge in [0, 0.05) is 12.4 Å². The molecule has 3 heteroatoms. The van der Waals surface area contributed by atoms with E-state index >= 15 is 0 Å². The van der Waals surface area contributed by atoms with Gasteiger partial charge in [0.05, 0.1) is 12.7 Å². The number of ether oxygens (including phenoxy) is 1. The highest BCUT2D eigenvalue weighted by molar-refractivity contribution is 6.18. The number of alkyl halides is 1. The lowest BCUT2D eigenvalue weighted by molar-refractivity contribution is 0.0417. The Kier molecular flexibility index (Phi) is 4.98. The molecule has 0 radical (unpaired) electrons. The van der Waals surface area contributed by atoms with Crippen LogP contribution >= 0.6 is 11.6 Å². The van der Waals surface area contributed by atoms with Crippen LogP contribution in [0.1, 0.15) is 36.5 Å². The molecular formula is C17H24ClNO. The molecule has 20 heavy (non-hydrogen) atoms. The Labute approximate surface area is 126 Å². The number of nitrogens with one attached hydrogen (secondary N) is 1. The molecule has 1 aromatic carbocycles. The summed E-state index contributed by atoms with van der Waals surface area (Å²) in [5.74, 6) is 2.28. The van der Waals surface area contributed by atoms with Crippen molar-refractivity contribution >= 4 is 11.6 Å².